The molecule has 0 aliphatic carbocycles. The third kappa shape index (κ3) is 3.25. The molecule has 4 atom stereocenters. The van der Waals surface area contributed by atoms with Crippen LogP contribution in [-0.2, 0) is 4.79 Å². The third-order valence-electron chi connectivity index (χ3n) is 1.58. The minimum absolute atomic E-state index is 0.787. The standard InChI is InChI=1S/C6H13NO6/c7-3(6(12)13)5(11)4(10)2(9)1-8/h2-5,8-11H,1,7H2,(H,12,13)/t2-,3+,4?,5-/m1/s1. The van der Waals surface area contributed by atoms with E-state index in [0.29, 0.717) is 0 Å². The summed E-state index contributed by atoms with van der Waals surface area (Å²) in [4.78, 5) is 10.2. The molecule has 0 saturated heterocycles. The maximum Gasteiger partial charge on any atom is 0.323 e. The number of aliphatic carboxylic acids is 1. The second-order valence-electron chi connectivity index (χ2n) is 2.60. The van der Waals surface area contributed by atoms with E-state index in [1.165, 1.54) is 0 Å². The molecule has 0 saturated carbocycles. The first-order chi connectivity index (χ1) is 5.91. The molecule has 0 aliphatic rings. The van der Waals surface area contributed by atoms with Gasteiger partial charge in [-0.25, -0.2) is 0 Å². The minimum Gasteiger partial charge on any atom is -0.480 e. The van der Waals surface area contributed by atoms with Gasteiger partial charge in [-0.1, -0.05) is 0 Å². The summed E-state index contributed by atoms with van der Waals surface area (Å²) < 4.78 is 0. The van der Waals surface area contributed by atoms with E-state index in [-0.39, 0.29) is 0 Å². The number of nitrogens with two attached hydrogens (primary N) is 1. The lowest BCUT2D eigenvalue weighted by atomic mass is 10.0. The van der Waals surface area contributed by atoms with E-state index in [4.69, 9.17) is 31.3 Å². The molecule has 0 fully saturated rings. The number of rotatable bonds is 5. The molecule has 0 spiro atoms. The zero-order chi connectivity index (χ0) is 10.6. The van der Waals surface area contributed by atoms with Crippen molar-refractivity contribution in [3.05, 3.63) is 0 Å². The van der Waals surface area contributed by atoms with Gasteiger partial charge in [-0.3, -0.25) is 4.79 Å². The van der Waals surface area contributed by atoms with Gasteiger partial charge < -0.3 is 31.3 Å². The molecule has 0 rings (SSSR count). The predicted molar refractivity (Wildman–Crippen MR) is 40.7 cm³/mol. The molecule has 13 heavy (non-hydrogen) atoms. The number of carboxylic acids is 1. The van der Waals surface area contributed by atoms with E-state index in [1.807, 2.05) is 0 Å². The van der Waals surface area contributed by atoms with Crippen LogP contribution in [0.1, 0.15) is 0 Å². The molecule has 0 aromatic carbocycles. The Labute approximate surface area is 74.0 Å². The van der Waals surface area contributed by atoms with E-state index in [0.717, 1.165) is 0 Å². The van der Waals surface area contributed by atoms with Crippen LogP contribution < -0.4 is 5.73 Å². The SMILES string of the molecule is N[C@H](C(=O)O)[C@@H](O)C(O)[C@H](O)CO. The first kappa shape index (κ1) is 12.3. The van der Waals surface area contributed by atoms with Crippen LogP contribution in [0.3, 0.4) is 0 Å². The molecule has 0 radical (unpaired) electrons. The highest BCUT2D eigenvalue weighted by molar-refractivity contribution is 5.74. The molecule has 0 heterocycles. The highest BCUT2D eigenvalue weighted by Gasteiger charge is 2.32. The molecule has 7 heteroatoms. The molecule has 78 valence electrons. The van der Waals surface area contributed by atoms with Crippen LogP contribution in [0, 0.1) is 0 Å². The highest BCUT2D eigenvalue weighted by atomic mass is 16.4. The molecule has 1 unspecified atom stereocenters. The van der Waals surface area contributed by atoms with Gasteiger partial charge in [-0.15, -0.1) is 0 Å². The van der Waals surface area contributed by atoms with Crippen LogP contribution in [-0.4, -0.2) is 62.5 Å². The summed E-state index contributed by atoms with van der Waals surface area (Å²) in [5, 5.41) is 43.5. The van der Waals surface area contributed by atoms with Crippen LogP contribution in [0.2, 0.25) is 0 Å². The fourth-order valence-electron chi connectivity index (χ4n) is 0.694. The van der Waals surface area contributed by atoms with Crippen LogP contribution >= 0.6 is 0 Å². The maximum absolute atomic E-state index is 10.2. The van der Waals surface area contributed by atoms with Crippen LogP contribution in [0.15, 0.2) is 0 Å². The Morgan fingerprint density at radius 3 is 2.00 bits per heavy atom. The summed E-state index contributed by atoms with van der Waals surface area (Å²) in [6.45, 7) is -0.787. The molecule has 0 aliphatic heterocycles. The second-order valence-corrected chi connectivity index (χ2v) is 2.60. The normalized spacial score (nSPS) is 20.4. The van der Waals surface area contributed by atoms with Gasteiger partial charge in [0.15, 0.2) is 0 Å². The summed E-state index contributed by atoms with van der Waals surface area (Å²) >= 11 is 0. The van der Waals surface area contributed by atoms with Gasteiger partial charge in [0.05, 0.1) is 6.61 Å². The zero-order valence-corrected chi connectivity index (χ0v) is 6.74. The lowest BCUT2D eigenvalue weighted by Crippen LogP contribution is -2.52. The van der Waals surface area contributed by atoms with Gasteiger partial charge in [-0.05, 0) is 0 Å². The Balaban J connectivity index is 4.24. The van der Waals surface area contributed by atoms with E-state index in [9.17, 15) is 4.79 Å². The summed E-state index contributed by atoms with van der Waals surface area (Å²) in [7, 11) is 0. The minimum atomic E-state index is -1.82. The average molecular weight is 195 g/mol. The van der Waals surface area contributed by atoms with Gasteiger partial charge >= 0.3 is 5.97 Å². The summed E-state index contributed by atoms with van der Waals surface area (Å²) in [6.07, 6.45) is -5.21. The summed E-state index contributed by atoms with van der Waals surface area (Å²) in [5.41, 5.74) is 4.95. The number of hydrogen-bond acceptors (Lipinski definition) is 6. The van der Waals surface area contributed by atoms with E-state index in [1.54, 1.807) is 0 Å². The second kappa shape index (κ2) is 5.10. The number of aliphatic hydroxyl groups excluding tert-OH is 4. The fraction of sp³-hybridized carbons (Fsp3) is 0.833. The molecule has 7 N–H and O–H groups in total. The van der Waals surface area contributed by atoms with Gasteiger partial charge in [0.2, 0.25) is 0 Å². The quantitative estimate of drug-likeness (QED) is 0.266. The summed E-state index contributed by atoms with van der Waals surface area (Å²) in [6, 6.07) is -1.70. The average Bonchev–Trinajstić information content (AvgIpc) is 2.12. The first-order valence-electron chi connectivity index (χ1n) is 3.55. The monoisotopic (exact) mass is 195 g/mol. The highest BCUT2D eigenvalue weighted by Crippen LogP contribution is 2.03. The van der Waals surface area contributed by atoms with E-state index in [2.05, 4.69) is 0 Å². The molecule has 7 nitrogen and oxygen atoms in total. The third-order valence-corrected chi connectivity index (χ3v) is 1.58. The zero-order valence-electron chi connectivity index (χ0n) is 6.74. The Kier molecular flexibility index (Phi) is 4.81. The van der Waals surface area contributed by atoms with Crippen molar-refractivity contribution < 1.29 is 30.3 Å². The predicted octanol–water partition coefficient (Wildman–Crippen LogP) is -3.53. The first-order valence-corrected chi connectivity index (χ1v) is 3.55. The van der Waals surface area contributed by atoms with Crippen molar-refractivity contribution in [3.63, 3.8) is 0 Å². The van der Waals surface area contributed by atoms with Gasteiger partial charge in [0.25, 0.3) is 0 Å². The molecular weight excluding hydrogens is 182 g/mol. The molecule has 0 aromatic rings. The van der Waals surface area contributed by atoms with Crippen molar-refractivity contribution in [2.75, 3.05) is 6.61 Å². The van der Waals surface area contributed by atoms with Crippen molar-refractivity contribution in [2.45, 2.75) is 24.4 Å². The van der Waals surface area contributed by atoms with Crippen molar-refractivity contribution in [2.24, 2.45) is 5.73 Å². The Morgan fingerprint density at radius 1 is 1.23 bits per heavy atom. The van der Waals surface area contributed by atoms with Crippen LogP contribution in [0.4, 0.5) is 0 Å². The lowest BCUT2D eigenvalue weighted by molar-refractivity contribution is -0.146. The largest absolute Gasteiger partial charge is 0.480 e. The van der Waals surface area contributed by atoms with Crippen molar-refractivity contribution >= 4 is 5.97 Å². The lowest BCUT2D eigenvalue weighted by Gasteiger charge is -2.23. The fourth-order valence-corrected chi connectivity index (χ4v) is 0.694. The topological polar surface area (TPSA) is 144 Å². The maximum atomic E-state index is 10.2. The van der Waals surface area contributed by atoms with Gasteiger partial charge in [0, 0.05) is 0 Å². The van der Waals surface area contributed by atoms with Gasteiger partial charge in [-0.2, -0.15) is 0 Å². The molecule has 0 aromatic heterocycles. The molecule has 0 bridgehead atoms. The Hall–Kier alpha value is -0.730. The van der Waals surface area contributed by atoms with Gasteiger partial charge in [0.1, 0.15) is 24.4 Å². The Morgan fingerprint density at radius 2 is 1.69 bits per heavy atom. The van der Waals surface area contributed by atoms with Crippen LogP contribution in [0.25, 0.3) is 0 Å². The van der Waals surface area contributed by atoms with E-state index >= 15 is 0 Å². The molecular formula is C6H13NO6. The smallest absolute Gasteiger partial charge is 0.323 e. The number of hydrogen-bond donors (Lipinski definition) is 6. The molecule has 0 amide bonds. The number of aliphatic hydroxyl groups is 4. The number of carbonyl (C=O) groups is 1. The Bertz CT molecular complexity index is 175. The summed E-state index contributed by atoms with van der Waals surface area (Å²) in [5.74, 6) is -1.50. The van der Waals surface area contributed by atoms with Crippen molar-refractivity contribution in [1.29, 1.82) is 0 Å². The number of carboxylic acid groups (broad SMARTS) is 1. The van der Waals surface area contributed by atoms with Crippen LogP contribution in [0.5, 0.6) is 0 Å². The van der Waals surface area contributed by atoms with Crippen molar-refractivity contribution in [3.8, 4) is 0 Å². The van der Waals surface area contributed by atoms with Crippen molar-refractivity contribution in [1.82, 2.24) is 0 Å². The van der Waals surface area contributed by atoms with E-state index < -0.39 is 36.9 Å².